The maximum atomic E-state index is 11.9. The van der Waals surface area contributed by atoms with Crippen LogP contribution in [0.25, 0.3) is 0 Å². The summed E-state index contributed by atoms with van der Waals surface area (Å²) in [7, 11) is 0. The molecule has 2 aromatic carbocycles. The van der Waals surface area contributed by atoms with Crippen LogP contribution < -0.4 is 5.43 Å². The Hall–Kier alpha value is -1.68. The summed E-state index contributed by atoms with van der Waals surface area (Å²) < 4.78 is 2.67. The van der Waals surface area contributed by atoms with Crippen molar-refractivity contribution < 1.29 is 4.79 Å². The lowest BCUT2D eigenvalue weighted by Crippen LogP contribution is -2.19. The number of benzene rings is 2. The number of halogens is 1. The Labute approximate surface area is 184 Å². The number of aromatic nitrogens is 2. The Morgan fingerprint density at radius 1 is 1.11 bits per heavy atom. The van der Waals surface area contributed by atoms with E-state index in [0.717, 1.165) is 24.5 Å². The van der Waals surface area contributed by atoms with Crippen LogP contribution in [0.2, 0.25) is 0 Å². The number of hydrogen-bond donors (Lipinski definition) is 1. The first kappa shape index (κ1) is 21.0. The van der Waals surface area contributed by atoms with Crippen molar-refractivity contribution in [1.82, 2.24) is 15.6 Å². The van der Waals surface area contributed by atoms with Gasteiger partial charge in [0.25, 0.3) is 5.91 Å². The number of amides is 1. The van der Waals surface area contributed by atoms with Gasteiger partial charge in [-0.25, -0.2) is 5.43 Å². The molecule has 144 valence electrons. The molecule has 3 rings (SSSR count). The molecule has 9 heteroatoms. The normalized spacial score (nSPS) is 11.1. The minimum atomic E-state index is -0.178. The zero-order valence-electron chi connectivity index (χ0n) is 15.0. The molecule has 5 nitrogen and oxygen atoms in total. The summed E-state index contributed by atoms with van der Waals surface area (Å²) in [6.07, 6.45) is 1.61. The Balaban J connectivity index is 1.40. The summed E-state index contributed by atoms with van der Waals surface area (Å²) in [5.41, 5.74) is 5.94. The summed E-state index contributed by atoms with van der Waals surface area (Å²) in [6, 6.07) is 16.1. The highest BCUT2D eigenvalue weighted by Crippen LogP contribution is 2.30. The molecule has 0 aliphatic carbocycles. The van der Waals surface area contributed by atoms with E-state index in [-0.39, 0.29) is 11.7 Å². The van der Waals surface area contributed by atoms with Crippen LogP contribution in [0.1, 0.15) is 16.7 Å². The highest BCUT2D eigenvalue weighted by atomic mass is 79.9. The van der Waals surface area contributed by atoms with Gasteiger partial charge in [-0.05, 0) is 30.2 Å². The molecule has 0 unspecified atom stereocenters. The van der Waals surface area contributed by atoms with Crippen LogP contribution in [0.4, 0.5) is 0 Å². The van der Waals surface area contributed by atoms with Crippen LogP contribution in [-0.2, 0) is 10.5 Å². The second-order valence-electron chi connectivity index (χ2n) is 5.74. The summed E-state index contributed by atoms with van der Waals surface area (Å²) in [6.45, 7) is 2.08. The van der Waals surface area contributed by atoms with Crippen molar-refractivity contribution >= 4 is 62.9 Å². The molecule has 1 N–H and O–H groups in total. The van der Waals surface area contributed by atoms with E-state index in [9.17, 15) is 4.79 Å². The number of thioether (sulfide) groups is 2. The fraction of sp³-hybridized carbons (Fsp3) is 0.158. The molecule has 0 spiro atoms. The number of nitrogens with one attached hydrogen (secondary N) is 1. The minimum Gasteiger partial charge on any atom is -0.272 e. The van der Waals surface area contributed by atoms with E-state index in [1.807, 2.05) is 24.3 Å². The second-order valence-corrected chi connectivity index (χ2v) is 10.1. The van der Waals surface area contributed by atoms with Crippen LogP contribution in [0.3, 0.4) is 0 Å². The minimum absolute atomic E-state index is 0.178. The summed E-state index contributed by atoms with van der Waals surface area (Å²) >= 11 is 7.89. The number of hydrazone groups is 1. The number of carbonyl (C=O) groups is 1. The predicted molar refractivity (Wildman–Crippen MR) is 121 cm³/mol. The molecule has 1 aromatic heterocycles. The smallest absolute Gasteiger partial charge is 0.250 e. The maximum absolute atomic E-state index is 11.9. The third-order valence-electron chi connectivity index (χ3n) is 3.47. The molecule has 28 heavy (non-hydrogen) atoms. The van der Waals surface area contributed by atoms with E-state index >= 15 is 0 Å². The molecule has 0 atom stereocenters. The topological polar surface area (TPSA) is 67.2 Å². The molecule has 3 aromatic rings. The first-order valence-electron chi connectivity index (χ1n) is 8.30. The van der Waals surface area contributed by atoms with Gasteiger partial charge in [-0.15, -0.1) is 10.2 Å². The van der Waals surface area contributed by atoms with Crippen LogP contribution in [0.5, 0.6) is 0 Å². The average Bonchev–Trinajstić information content (AvgIpc) is 3.15. The molecule has 0 fully saturated rings. The van der Waals surface area contributed by atoms with Gasteiger partial charge in [0, 0.05) is 10.2 Å². The van der Waals surface area contributed by atoms with Gasteiger partial charge in [0.2, 0.25) is 0 Å². The maximum Gasteiger partial charge on any atom is 0.250 e. The number of nitrogens with zero attached hydrogens (tertiary/aromatic N) is 3. The fourth-order valence-electron chi connectivity index (χ4n) is 2.03. The molecular weight excluding hydrogens is 476 g/mol. The van der Waals surface area contributed by atoms with Crippen LogP contribution >= 0.6 is 50.8 Å². The van der Waals surface area contributed by atoms with Crippen molar-refractivity contribution in [3.05, 3.63) is 69.7 Å². The highest BCUT2D eigenvalue weighted by Gasteiger charge is 2.08. The number of rotatable bonds is 8. The lowest BCUT2D eigenvalue weighted by molar-refractivity contribution is -0.118. The van der Waals surface area contributed by atoms with Crippen molar-refractivity contribution in [3.8, 4) is 0 Å². The van der Waals surface area contributed by atoms with E-state index < -0.39 is 0 Å². The van der Waals surface area contributed by atoms with Gasteiger partial charge in [-0.3, -0.25) is 4.79 Å². The average molecular weight is 493 g/mol. The van der Waals surface area contributed by atoms with Crippen molar-refractivity contribution in [2.24, 2.45) is 5.10 Å². The van der Waals surface area contributed by atoms with E-state index in [4.69, 9.17) is 0 Å². The Morgan fingerprint density at radius 3 is 2.50 bits per heavy atom. The summed E-state index contributed by atoms with van der Waals surface area (Å²) in [5, 5.41) is 12.3. The van der Waals surface area contributed by atoms with Gasteiger partial charge < -0.3 is 0 Å². The molecule has 0 radical (unpaired) electrons. The van der Waals surface area contributed by atoms with Crippen LogP contribution in [0.15, 0.2) is 66.8 Å². The van der Waals surface area contributed by atoms with Gasteiger partial charge in [0.15, 0.2) is 8.68 Å². The van der Waals surface area contributed by atoms with Crippen LogP contribution in [0, 0.1) is 6.92 Å². The number of hydrogen-bond acceptors (Lipinski definition) is 7. The first-order valence-corrected chi connectivity index (χ1v) is 11.9. The molecule has 0 saturated heterocycles. The quantitative estimate of drug-likeness (QED) is 0.267. The van der Waals surface area contributed by atoms with Crippen molar-refractivity contribution in [1.29, 1.82) is 0 Å². The van der Waals surface area contributed by atoms with Crippen LogP contribution in [-0.4, -0.2) is 28.1 Å². The van der Waals surface area contributed by atoms with Gasteiger partial charge in [0.1, 0.15) is 0 Å². The molecule has 1 heterocycles. The first-order chi connectivity index (χ1) is 13.6. The zero-order valence-corrected chi connectivity index (χ0v) is 19.0. The zero-order chi connectivity index (χ0) is 19.8. The van der Waals surface area contributed by atoms with E-state index in [1.165, 1.54) is 34.2 Å². The Bertz CT molecular complexity index is 943. The molecule has 0 bridgehead atoms. The van der Waals surface area contributed by atoms with Gasteiger partial charge in [0.05, 0.1) is 12.0 Å². The molecule has 0 saturated carbocycles. The Morgan fingerprint density at radius 2 is 1.79 bits per heavy atom. The Kier molecular flexibility index (Phi) is 8.08. The SMILES string of the molecule is Cc1ccc(CSc2nnc(SCC(=O)N/N=C\c3ccc(Br)cc3)s2)cc1. The van der Waals surface area contributed by atoms with E-state index in [1.54, 1.807) is 18.0 Å². The predicted octanol–water partition coefficient (Wildman–Crippen LogP) is 5.14. The number of carbonyl (C=O) groups excluding carboxylic acids is 1. The fourth-order valence-corrected chi connectivity index (χ4v) is 5.06. The molecule has 0 aliphatic rings. The van der Waals surface area contributed by atoms with Crippen molar-refractivity contribution in [2.75, 3.05) is 5.75 Å². The summed E-state index contributed by atoms with van der Waals surface area (Å²) in [4.78, 5) is 11.9. The largest absolute Gasteiger partial charge is 0.272 e. The lowest BCUT2D eigenvalue weighted by atomic mass is 10.2. The summed E-state index contributed by atoms with van der Waals surface area (Å²) in [5.74, 6) is 0.919. The number of aryl methyl sites for hydroxylation is 1. The highest BCUT2D eigenvalue weighted by molar-refractivity contribution is 9.10. The van der Waals surface area contributed by atoms with E-state index in [2.05, 4.69) is 67.8 Å². The molecule has 0 aliphatic heterocycles. The lowest BCUT2D eigenvalue weighted by Gasteiger charge is -1.99. The van der Waals surface area contributed by atoms with E-state index in [0.29, 0.717) is 0 Å². The third-order valence-corrected chi connectivity index (χ3v) is 7.26. The van der Waals surface area contributed by atoms with Gasteiger partial charge in [-0.1, -0.05) is 92.8 Å². The second kappa shape index (κ2) is 10.8. The van der Waals surface area contributed by atoms with Crippen molar-refractivity contribution in [2.45, 2.75) is 21.4 Å². The van der Waals surface area contributed by atoms with Gasteiger partial charge in [-0.2, -0.15) is 5.10 Å². The standard InChI is InChI=1S/C19H17BrN4OS3/c1-13-2-4-15(5-3-13)11-26-18-23-24-19(28-18)27-12-17(25)22-21-10-14-6-8-16(20)9-7-14/h2-10H,11-12H2,1H3,(H,22,25)/b21-10-. The monoisotopic (exact) mass is 492 g/mol. The molecule has 1 amide bonds. The molecular formula is C19H17BrN4OS3. The van der Waals surface area contributed by atoms with Gasteiger partial charge >= 0.3 is 0 Å². The third kappa shape index (κ3) is 7.05. The van der Waals surface area contributed by atoms with Crippen molar-refractivity contribution in [3.63, 3.8) is 0 Å².